The smallest absolute Gasteiger partial charge is 0.326 e. The van der Waals surface area contributed by atoms with Crippen LogP contribution in [0.3, 0.4) is 0 Å². The molecular formula is C12H18N2O4. The minimum atomic E-state index is -1.09. The average molecular weight is 254 g/mol. The van der Waals surface area contributed by atoms with Crippen LogP contribution in [0.1, 0.15) is 26.2 Å². The van der Waals surface area contributed by atoms with Crippen LogP contribution in [0.2, 0.25) is 0 Å². The maximum absolute atomic E-state index is 11.4. The van der Waals surface area contributed by atoms with E-state index < -0.39 is 24.0 Å². The van der Waals surface area contributed by atoms with Crippen molar-refractivity contribution in [3.8, 4) is 0 Å². The lowest BCUT2D eigenvalue weighted by Crippen LogP contribution is -2.48. The molecule has 0 aliphatic heterocycles. The first-order valence-electron chi connectivity index (χ1n) is 5.90. The van der Waals surface area contributed by atoms with Crippen LogP contribution >= 0.6 is 0 Å². The van der Waals surface area contributed by atoms with Crippen molar-refractivity contribution in [2.45, 2.75) is 38.3 Å². The molecule has 1 aliphatic rings. The summed E-state index contributed by atoms with van der Waals surface area (Å²) in [5, 5.41) is 11.4. The Morgan fingerprint density at radius 3 is 2.72 bits per heavy atom. The fraction of sp³-hybridized carbons (Fsp3) is 0.583. The second kappa shape index (κ2) is 6.30. The van der Waals surface area contributed by atoms with Crippen LogP contribution in [-0.4, -0.2) is 34.8 Å². The predicted octanol–water partition coefficient (Wildman–Crippen LogP) is -0.172. The number of ketones is 1. The topological polar surface area (TPSA) is 109 Å². The Bertz CT molecular complexity index is 376. The summed E-state index contributed by atoms with van der Waals surface area (Å²) in [6.45, 7) is 1.49. The summed E-state index contributed by atoms with van der Waals surface area (Å²) < 4.78 is 0. The third-order valence-corrected chi connectivity index (χ3v) is 2.88. The molecule has 0 heterocycles. The van der Waals surface area contributed by atoms with Gasteiger partial charge in [-0.25, -0.2) is 4.79 Å². The Morgan fingerprint density at radius 1 is 1.61 bits per heavy atom. The zero-order valence-corrected chi connectivity index (χ0v) is 10.3. The standard InChI is InChI=1S/C12H18N2O4/c1-7(13)11(16)14-10(12(17)18)6-8-2-4-9(15)5-3-8/h2,4,7-8,10H,3,5-6,13H2,1H3,(H,14,16)(H,17,18)/t7-,8-,10-/m0/s1. The molecule has 0 aromatic rings. The number of rotatable bonds is 5. The Labute approximate surface area is 105 Å². The van der Waals surface area contributed by atoms with Crippen LogP contribution < -0.4 is 11.1 Å². The van der Waals surface area contributed by atoms with Gasteiger partial charge in [-0.2, -0.15) is 0 Å². The van der Waals surface area contributed by atoms with Gasteiger partial charge < -0.3 is 16.2 Å². The molecule has 0 saturated carbocycles. The molecule has 18 heavy (non-hydrogen) atoms. The summed E-state index contributed by atoms with van der Waals surface area (Å²) in [6, 6.07) is -1.71. The van der Waals surface area contributed by atoms with Crippen molar-refractivity contribution in [2.24, 2.45) is 11.7 Å². The summed E-state index contributed by atoms with van der Waals surface area (Å²) in [5.74, 6) is -1.53. The van der Waals surface area contributed by atoms with Gasteiger partial charge in [-0.3, -0.25) is 9.59 Å². The number of carboxylic acids is 1. The molecule has 100 valence electrons. The predicted molar refractivity (Wildman–Crippen MR) is 64.7 cm³/mol. The Hall–Kier alpha value is -1.69. The summed E-state index contributed by atoms with van der Waals surface area (Å²) in [6.07, 6.45) is 4.50. The van der Waals surface area contributed by atoms with Crippen molar-refractivity contribution in [1.29, 1.82) is 0 Å². The number of carbonyl (C=O) groups excluding carboxylic acids is 2. The van der Waals surface area contributed by atoms with Crippen molar-refractivity contribution in [2.75, 3.05) is 0 Å². The quantitative estimate of drug-likeness (QED) is 0.631. The molecule has 1 aliphatic carbocycles. The van der Waals surface area contributed by atoms with Gasteiger partial charge in [0.05, 0.1) is 6.04 Å². The number of nitrogens with two attached hydrogens (primary N) is 1. The molecule has 0 aromatic heterocycles. The average Bonchev–Trinajstić information content (AvgIpc) is 2.30. The monoisotopic (exact) mass is 254 g/mol. The molecule has 1 amide bonds. The first kappa shape index (κ1) is 14.4. The first-order chi connectivity index (χ1) is 8.40. The molecule has 6 heteroatoms. The van der Waals surface area contributed by atoms with Gasteiger partial charge in [0.2, 0.25) is 5.91 Å². The minimum absolute atomic E-state index is 0.00261. The van der Waals surface area contributed by atoms with Crippen molar-refractivity contribution in [3.63, 3.8) is 0 Å². The van der Waals surface area contributed by atoms with Gasteiger partial charge in [0, 0.05) is 6.42 Å². The number of hydrogen-bond donors (Lipinski definition) is 3. The van der Waals surface area contributed by atoms with Crippen LogP contribution in [0, 0.1) is 5.92 Å². The van der Waals surface area contributed by atoms with E-state index in [9.17, 15) is 14.4 Å². The van der Waals surface area contributed by atoms with Gasteiger partial charge in [-0.05, 0) is 31.8 Å². The van der Waals surface area contributed by atoms with E-state index in [1.165, 1.54) is 13.0 Å². The fourth-order valence-electron chi connectivity index (χ4n) is 1.77. The molecule has 0 spiro atoms. The highest BCUT2D eigenvalue weighted by Gasteiger charge is 2.25. The maximum atomic E-state index is 11.4. The third-order valence-electron chi connectivity index (χ3n) is 2.88. The van der Waals surface area contributed by atoms with Gasteiger partial charge in [-0.15, -0.1) is 0 Å². The summed E-state index contributed by atoms with van der Waals surface area (Å²) in [5.41, 5.74) is 5.37. The molecule has 0 fully saturated rings. The number of carboxylic acid groups (broad SMARTS) is 1. The lowest BCUT2D eigenvalue weighted by molar-refractivity contribution is -0.142. The molecule has 0 radical (unpaired) electrons. The SMILES string of the molecule is C[C@H](N)C(=O)N[C@@H](C[C@H]1C=CC(=O)CC1)C(=O)O. The normalized spacial score (nSPS) is 22.3. The molecule has 0 bridgehead atoms. The van der Waals surface area contributed by atoms with Crippen LogP contribution in [0.25, 0.3) is 0 Å². The van der Waals surface area contributed by atoms with Gasteiger partial charge in [0.15, 0.2) is 5.78 Å². The van der Waals surface area contributed by atoms with Crippen LogP contribution in [0.4, 0.5) is 0 Å². The highest BCUT2D eigenvalue weighted by atomic mass is 16.4. The molecule has 4 N–H and O–H groups in total. The van der Waals surface area contributed by atoms with Crippen molar-refractivity contribution in [3.05, 3.63) is 12.2 Å². The number of amides is 1. The molecular weight excluding hydrogens is 236 g/mol. The number of hydrogen-bond acceptors (Lipinski definition) is 4. The largest absolute Gasteiger partial charge is 0.480 e. The van der Waals surface area contributed by atoms with E-state index in [0.29, 0.717) is 12.8 Å². The zero-order valence-electron chi connectivity index (χ0n) is 10.3. The number of allylic oxidation sites excluding steroid dienone is 2. The van der Waals surface area contributed by atoms with Gasteiger partial charge >= 0.3 is 5.97 Å². The van der Waals surface area contributed by atoms with Crippen molar-refractivity contribution in [1.82, 2.24) is 5.32 Å². The zero-order chi connectivity index (χ0) is 13.7. The van der Waals surface area contributed by atoms with E-state index in [1.807, 2.05) is 0 Å². The van der Waals surface area contributed by atoms with E-state index in [1.54, 1.807) is 6.08 Å². The maximum Gasteiger partial charge on any atom is 0.326 e. The van der Waals surface area contributed by atoms with Crippen LogP contribution in [-0.2, 0) is 14.4 Å². The van der Waals surface area contributed by atoms with Gasteiger partial charge in [0.1, 0.15) is 6.04 Å². The summed E-state index contributed by atoms with van der Waals surface area (Å²) >= 11 is 0. The van der Waals surface area contributed by atoms with E-state index in [2.05, 4.69) is 5.32 Å². The molecule has 6 nitrogen and oxygen atoms in total. The highest BCUT2D eigenvalue weighted by Crippen LogP contribution is 2.20. The second-order valence-corrected chi connectivity index (χ2v) is 4.55. The number of nitrogens with one attached hydrogen (secondary N) is 1. The van der Waals surface area contributed by atoms with Gasteiger partial charge in [-0.1, -0.05) is 6.08 Å². The fourth-order valence-corrected chi connectivity index (χ4v) is 1.77. The second-order valence-electron chi connectivity index (χ2n) is 4.55. The Balaban J connectivity index is 2.58. The van der Waals surface area contributed by atoms with Gasteiger partial charge in [0.25, 0.3) is 0 Å². The first-order valence-corrected chi connectivity index (χ1v) is 5.90. The Kier molecular flexibility index (Phi) is 5.03. The lowest BCUT2D eigenvalue weighted by Gasteiger charge is -2.21. The Morgan fingerprint density at radius 2 is 2.28 bits per heavy atom. The van der Waals surface area contributed by atoms with Crippen molar-refractivity contribution < 1.29 is 19.5 Å². The summed E-state index contributed by atoms with van der Waals surface area (Å²) in [4.78, 5) is 33.4. The van der Waals surface area contributed by atoms with Crippen LogP contribution in [0.5, 0.6) is 0 Å². The number of carbonyl (C=O) groups is 3. The molecule has 3 atom stereocenters. The lowest BCUT2D eigenvalue weighted by atomic mass is 9.89. The molecule has 0 unspecified atom stereocenters. The summed E-state index contributed by atoms with van der Waals surface area (Å²) in [7, 11) is 0. The van der Waals surface area contributed by atoms with E-state index in [4.69, 9.17) is 10.8 Å². The molecule has 0 aromatic carbocycles. The van der Waals surface area contributed by atoms with E-state index in [0.717, 1.165) is 0 Å². The van der Waals surface area contributed by atoms with Crippen LogP contribution in [0.15, 0.2) is 12.2 Å². The van der Waals surface area contributed by atoms with E-state index >= 15 is 0 Å². The molecule has 1 rings (SSSR count). The highest BCUT2D eigenvalue weighted by molar-refractivity contribution is 5.90. The molecule has 0 saturated heterocycles. The minimum Gasteiger partial charge on any atom is -0.480 e. The van der Waals surface area contributed by atoms with E-state index in [-0.39, 0.29) is 18.1 Å². The van der Waals surface area contributed by atoms with Crippen molar-refractivity contribution >= 4 is 17.7 Å². The number of aliphatic carboxylic acids is 1. The third kappa shape index (κ3) is 4.29.